The van der Waals surface area contributed by atoms with Gasteiger partial charge in [-0.2, -0.15) is 0 Å². The lowest BCUT2D eigenvalue weighted by molar-refractivity contribution is 0.100. The van der Waals surface area contributed by atoms with Crippen molar-refractivity contribution in [3.8, 4) is 0 Å². The predicted octanol–water partition coefficient (Wildman–Crippen LogP) is 3.76. The maximum atomic E-state index is 11.8. The zero-order valence-electron chi connectivity index (χ0n) is 9.05. The van der Waals surface area contributed by atoms with Crippen molar-refractivity contribution < 1.29 is 4.79 Å². The molecule has 0 bridgehead atoms. The average Bonchev–Trinajstić information content (AvgIpc) is 2.83. The number of thiophene rings is 1. The minimum Gasteiger partial charge on any atom is -0.350 e. The molecule has 2 nitrogen and oxygen atoms in total. The fraction of sp³-hybridized carbons (Fsp3) is 0.0769. The molecule has 1 N–H and O–H groups in total. The molecule has 86 valence electrons. The van der Waals surface area contributed by atoms with Crippen molar-refractivity contribution in [1.29, 1.82) is 0 Å². The van der Waals surface area contributed by atoms with Crippen LogP contribution in [0.4, 0.5) is 5.69 Å². The van der Waals surface area contributed by atoms with E-state index in [-0.39, 0.29) is 12.2 Å². The summed E-state index contributed by atoms with van der Waals surface area (Å²) in [7, 11) is 0. The SMILES string of the molecule is O=C(CC(=S)Nc1ccccc1)c1cccs1. The zero-order valence-corrected chi connectivity index (χ0v) is 10.7. The van der Waals surface area contributed by atoms with E-state index in [2.05, 4.69) is 5.32 Å². The summed E-state index contributed by atoms with van der Waals surface area (Å²) >= 11 is 6.60. The molecular weight excluding hydrogens is 250 g/mol. The third-order valence-electron chi connectivity index (χ3n) is 2.17. The number of para-hydroxylation sites is 1. The monoisotopic (exact) mass is 261 g/mol. The summed E-state index contributed by atoms with van der Waals surface area (Å²) in [5.41, 5.74) is 0.913. The molecule has 0 aliphatic heterocycles. The minimum atomic E-state index is 0.0634. The summed E-state index contributed by atoms with van der Waals surface area (Å²) < 4.78 is 0. The Kier molecular flexibility index (Phi) is 4.01. The van der Waals surface area contributed by atoms with Crippen LogP contribution in [-0.4, -0.2) is 10.8 Å². The second-order valence-electron chi connectivity index (χ2n) is 3.49. The van der Waals surface area contributed by atoms with Gasteiger partial charge in [0.25, 0.3) is 0 Å². The number of Topliss-reactive ketones (excluding diaryl/α,β-unsaturated/α-hetero) is 1. The van der Waals surface area contributed by atoms with Gasteiger partial charge in [-0.1, -0.05) is 36.5 Å². The Morgan fingerprint density at radius 2 is 1.94 bits per heavy atom. The standard InChI is InChI=1S/C13H11NOS2/c15-11(12-7-4-8-17-12)9-13(16)14-10-5-2-1-3-6-10/h1-8H,9H2,(H,14,16). The number of benzene rings is 1. The Morgan fingerprint density at radius 3 is 2.59 bits per heavy atom. The molecule has 0 radical (unpaired) electrons. The smallest absolute Gasteiger partial charge is 0.179 e. The molecule has 0 unspecified atom stereocenters. The van der Waals surface area contributed by atoms with Crippen molar-refractivity contribution in [1.82, 2.24) is 0 Å². The Labute approximate surface area is 109 Å². The van der Waals surface area contributed by atoms with E-state index >= 15 is 0 Å². The zero-order chi connectivity index (χ0) is 12.1. The van der Waals surface area contributed by atoms with Gasteiger partial charge in [0.1, 0.15) is 0 Å². The molecule has 0 aliphatic carbocycles. The van der Waals surface area contributed by atoms with Gasteiger partial charge in [-0.3, -0.25) is 4.79 Å². The Morgan fingerprint density at radius 1 is 1.18 bits per heavy atom. The van der Waals surface area contributed by atoms with Crippen molar-refractivity contribution in [2.75, 3.05) is 5.32 Å². The van der Waals surface area contributed by atoms with Crippen LogP contribution in [-0.2, 0) is 0 Å². The molecule has 1 heterocycles. The van der Waals surface area contributed by atoms with Crippen LogP contribution in [0.3, 0.4) is 0 Å². The van der Waals surface area contributed by atoms with Crippen LogP contribution in [0.15, 0.2) is 47.8 Å². The molecule has 1 aromatic heterocycles. The Bertz CT molecular complexity index is 505. The van der Waals surface area contributed by atoms with Gasteiger partial charge >= 0.3 is 0 Å². The quantitative estimate of drug-likeness (QED) is 0.671. The highest BCUT2D eigenvalue weighted by molar-refractivity contribution is 7.80. The number of hydrogen-bond donors (Lipinski definition) is 1. The van der Waals surface area contributed by atoms with Crippen molar-refractivity contribution in [3.05, 3.63) is 52.7 Å². The van der Waals surface area contributed by atoms with E-state index in [4.69, 9.17) is 12.2 Å². The summed E-state index contributed by atoms with van der Waals surface area (Å²) in [6.07, 6.45) is 0.255. The maximum Gasteiger partial charge on any atom is 0.179 e. The van der Waals surface area contributed by atoms with Crippen molar-refractivity contribution >= 4 is 40.0 Å². The molecule has 0 spiro atoms. The van der Waals surface area contributed by atoms with E-state index in [9.17, 15) is 4.79 Å². The van der Waals surface area contributed by atoms with Crippen LogP contribution in [0.2, 0.25) is 0 Å². The van der Waals surface area contributed by atoms with Crippen molar-refractivity contribution in [2.45, 2.75) is 6.42 Å². The third kappa shape index (κ3) is 3.47. The van der Waals surface area contributed by atoms with E-state index in [1.165, 1.54) is 11.3 Å². The van der Waals surface area contributed by atoms with Gasteiger partial charge in [0.2, 0.25) is 0 Å². The second kappa shape index (κ2) is 5.70. The van der Waals surface area contributed by atoms with E-state index in [0.29, 0.717) is 4.99 Å². The van der Waals surface area contributed by atoms with Gasteiger partial charge in [-0.25, -0.2) is 0 Å². The predicted molar refractivity (Wildman–Crippen MR) is 75.9 cm³/mol. The van der Waals surface area contributed by atoms with Crippen LogP contribution in [0.25, 0.3) is 0 Å². The molecule has 17 heavy (non-hydrogen) atoms. The van der Waals surface area contributed by atoms with E-state index < -0.39 is 0 Å². The minimum absolute atomic E-state index is 0.0634. The highest BCUT2D eigenvalue weighted by atomic mass is 32.1. The summed E-state index contributed by atoms with van der Waals surface area (Å²) in [6.45, 7) is 0. The number of carbonyl (C=O) groups excluding carboxylic acids is 1. The van der Waals surface area contributed by atoms with Crippen LogP contribution < -0.4 is 5.32 Å². The fourth-order valence-corrected chi connectivity index (χ4v) is 2.31. The number of thiocarbonyl (C=S) groups is 1. The number of hydrogen-bond acceptors (Lipinski definition) is 3. The average molecular weight is 261 g/mol. The van der Waals surface area contributed by atoms with Crippen molar-refractivity contribution in [2.24, 2.45) is 0 Å². The van der Waals surface area contributed by atoms with Crippen LogP contribution >= 0.6 is 23.6 Å². The lowest BCUT2D eigenvalue weighted by Crippen LogP contribution is -2.13. The fourth-order valence-electron chi connectivity index (χ4n) is 1.40. The first-order valence-electron chi connectivity index (χ1n) is 5.17. The molecule has 2 rings (SSSR count). The number of nitrogens with one attached hydrogen (secondary N) is 1. The lowest BCUT2D eigenvalue weighted by Gasteiger charge is -2.06. The first-order valence-corrected chi connectivity index (χ1v) is 6.46. The summed E-state index contributed by atoms with van der Waals surface area (Å²) in [5.74, 6) is 0.0634. The first-order chi connectivity index (χ1) is 8.25. The molecule has 0 saturated heterocycles. The summed E-state index contributed by atoms with van der Waals surface area (Å²) in [5, 5.41) is 4.94. The van der Waals surface area contributed by atoms with Crippen molar-refractivity contribution in [3.63, 3.8) is 0 Å². The molecule has 0 saturated carbocycles. The lowest BCUT2D eigenvalue weighted by atomic mass is 10.2. The molecule has 0 aliphatic rings. The number of rotatable bonds is 4. The van der Waals surface area contributed by atoms with Crippen LogP contribution in [0.1, 0.15) is 16.1 Å². The van der Waals surface area contributed by atoms with Gasteiger partial charge in [-0.15, -0.1) is 11.3 Å². The van der Waals surface area contributed by atoms with Crippen LogP contribution in [0, 0.1) is 0 Å². The summed E-state index contributed by atoms with van der Waals surface area (Å²) in [6, 6.07) is 13.3. The number of anilines is 1. The highest BCUT2D eigenvalue weighted by Crippen LogP contribution is 2.13. The Hall–Kier alpha value is -1.52. The second-order valence-corrected chi connectivity index (χ2v) is 4.93. The molecule has 0 amide bonds. The summed E-state index contributed by atoms with van der Waals surface area (Å²) in [4.78, 5) is 13.1. The largest absolute Gasteiger partial charge is 0.350 e. The van der Waals surface area contributed by atoms with Gasteiger partial charge in [-0.05, 0) is 23.6 Å². The van der Waals surface area contributed by atoms with E-state index in [1.54, 1.807) is 0 Å². The topological polar surface area (TPSA) is 29.1 Å². The van der Waals surface area contributed by atoms with E-state index in [1.807, 2.05) is 47.8 Å². The van der Waals surface area contributed by atoms with Crippen LogP contribution in [0.5, 0.6) is 0 Å². The number of carbonyl (C=O) groups is 1. The molecule has 4 heteroatoms. The molecule has 1 aromatic carbocycles. The van der Waals surface area contributed by atoms with Gasteiger partial charge in [0.15, 0.2) is 5.78 Å². The molecule has 2 aromatic rings. The molecule has 0 fully saturated rings. The van der Waals surface area contributed by atoms with E-state index in [0.717, 1.165) is 10.6 Å². The molecule has 0 atom stereocenters. The first kappa shape index (κ1) is 12.0. The normalized spacial score (nSPS) is 9.88. The van der Waals surface area contributed by atoms with Gasteiger partial charge in [0, 0.05) is 5.69 Å². The molecular formula is C13H11NOS2. The Balaban J connectivity index is 1.92. The third-order valence-corrected chi connectivity index (χ3v) is 3.33. The van der Waals surface area contributed by atoms with Gasteiger partial charge in [0.05, 0.1) is 16.3 Å². The maximum absolute atomic E-state index is 11.8. The van der Waals surface area contributed by atoms with Gasteiger partial charge < -0.3 is 5.32 Å². The highest BCUT2D eigenvalue weighted by Gasteiger charge is 2.09. The number of ketones is 1.